The quantitative estimate of drug-likeness (QED) is 0.506. The molecule has 32 heavy (non-hydrogen) atoms. The third kappa shape index (κ3) is 4.86. The number of para-hydroxylation sites is 1. The van der Waals surface area contributed by atoms with E-state index >= 15 is 0 Å². The molecule has 2 aromatic carbocycles. The lowest BCUT2D eigenvalue weighted by Crippen LogP contribution is -2.35. The maximum Gasteiger partial charge on any atom is 0.185 e. The topological polar surface area (TPSA) is 71.4 Å². The molecule has 2 aromatic rings. The molecular formula is C25H35NO5S. The summed E-state index contributed by atoms with van der Waals surface area (Å²) in [5.74, 6) is 2.52. The first-order valence-electron chi connectivity index (χ1n) is 11.5. The molecule has 2 aliphatic rings. The van der Waals surface area contributed by atoms with Gasteiger partial charge in [0.25, 0.3) is 0 Å². The molecule has 0 amide bonds. The van der Waals surface area contributed by atoms with E-state index in [-0.39, 0.29) is 0 Å². The minimum Gasteiger partial charge on any atom is -0.494 e. The van der Waals surface area contributed by atoms with E-state index in [0.717, 1.165) is 30.2 Å². The molecule has 0 aliphatic carbocycles. The smallest absolute Gasteiger partial charge is 0.185 e. The first kappa shape index (κ1) is 23.2. The SMILES string of the molecule is COc1cccc2c1OC(c1ccc(OCCCN3CCC[C@H](C)C3)cc1)C(C)S2(O)O. The highest BCUT2D eigenvalue weighted by Gasteiger charge is 2.41. The van der Waals surface area contributed by atoms with Gasteiger partial charge in [0.2, 0.25) is 0 Å². The molecule has 176 valence electrons. The molecule has 0 aromatic heterocycles. The van der Waals surface area contributed by atoms with Gasteiger partial charge in [-0.05, 0) is 68.5 Å². The zero-order valence-electron chi connectivity index (χ0n) is 19.2. The summed E-state index contributed by atoms with van der Waals surface area (Å²) in [4.78, 5) is 2.94. The molecule has 7 heteroatoms. The Morgan fingerprint density at radius 2 is 1.91 bits per heavy atom. The van der Waals surface area contributed by atoms with E-state index in [1.807, 2.05) is 31.2 Å². The Balaban J connectivity index is 1.38. The average Bonchev–Trinajstić information content (AvgIpc) is 2.79. The minimum atomic E-state index is -3.03. The molecular weight excluding hydrogens is 426 g/mol. The van der Waals surface area contributed by atoms with Crippen LogP contribution in [0.2, 0.25) is 0 Å². The predicted molar refractivity (Wildman–Crippen MR) is 128 cm³/mol. The summed E-state index contributed by atoms with van der Waals surface area (Å²) in [6.45, 7) is 8.30. The first-order valence-corrected chi connectivity index (χ1v) is 13.1. The number of likely N-dealkylation sites (tertiary alicyclic amines) is 1. The van der Waals surface area contributed by atoms with E-state index in [4.69, 9.17) is 14.2 Å². The van der Waals surface area contributed by atoms with Crippen LogP contribution in [-0.2, 0) is 0 Å². The summed E-state index contributed by atoms with van der Waals surface area (Å²) in [5, 5.41) is -0.485. The van der Waals surface area contributed by atoms with Gasteiger partial charge in [0.1, 0.15) is 16.7 Å². The number of hydrogen-bond donors (Lipinski definition) is 2. The number of methoxy groups -OCH3 is 1. The molecule has 2 heterocycles. The number of ether oxygens (including phenoxy) is 3. The Hall–Kier alpha value is -1.93. The molecule has 6 nitrogen and oxygen atoms in total. The Morgan fingerprint density at radius 3 is 2.62 bits per heavy atom. The largest absolute Gasteiger partial charge is 0.494 e. The summed E-state index contributed by atoms with van der Waals surface area (Å²) >= 11 is 0. The Morgan fingerprint density at radius 1 is 1.12 bits per heavy atom. The summed E-state index contributed by atoms with van der Waals surface area (Å²) in [6, 6.07) is 13.0. The average molecular weight is 462 g/mol. The normalized spacial score (nSPS) is 26.0. The highest BCUT2D eigenvalue weighted by atomic mass is 32.3. The van der Waals surface area contributed by atoms with Crippen LogP contribution < -0.4 is 14.2 Å². The molecule has 2 N–H and O–H groups in total. The fourth-order valence-electron chi connectivity index (χ4n) is 4.67. The van der Waals surface area contributed by atoms with Crippen LogP contribution in [0, 0.1) is 5.92 Å². The molecule has 0 saturated carbocycles. The molecule has 0 bridgehead atoms. The summed E-state index contributed by atoms with van der Waals surface area (Å²) in [5.41, 5.74) is 0.878. The van der Waals surface area contributed by atoms with E-state index in [2.05, 4.69) is 11.8 Å². The van der Waals surface area contributed by atoms with Gasteiger partial charge in [-0.3, -0.25) is 9.11 Å². The molecule has 2 aliphatic heterocycles. The van der Waals surface area contributed by atoms with Crippen LogP contribution in [0.25, 0.3) is 0 Å². The van der Waals surface area contributed by atoms with Crippen molar-refractivity contribution >= 4 is 10.6 Å². The van der Waals surface area contributed by atoms with Crippen molar-refractivity contribution in [2.75, 3.05) is 33.4 Å². The van der Waals surface area contributed by atoms with Crippen LogP contribution in [0.1, 0.15) is 44.8 Å². The van der Waals surface area contributed by atoms with Crippen molar-refractivity contribution in [2.24, 2.45) is 5.92 Å². The van der Waals surface area contributed by atoms with Gasteiger partial charge in [0.15, 0.2) is 11.5 Å². The second-order valence-corrected chi connectivity index (χ2v) is 11.3. The van der Waals surface area contributed by atoms with Crippen molar-refractivity contribution in [1.29, 1.82) is 0 Å². The van der Waals surface area contributed by atoms with Gasteiger partial charge >= 0.3 is 0 Å². The van der Waals surface area contributed by atoms with Crippen LogP contribution in [-0.4, -0.2) is 52.6 Å². The van der Waals surface area contributed by atoms with Gasteiger partial charge in [-0.15, -0.1) is 0 Å². The molecule has 3 atom stereocenters. The van der Waals surface area contributed by atoms with E-state index in [1.54, 1.807) is 25.3 Å². The van der Waals surface area contributed by atoms with E-state index < -0.39 is 21.9 Å². The maximum atomic E-state index is 10.9. The second-order valence-electron chi connectivity index (χ2n) is 8.94. The third-order valence-corrected chi connectivity index (χ3v) is 8.77. The fourth-order valence-corrected chi connectivity index (χ4v) is 6.32. The van der Waals surface area contributed by atoms with Gasteiger partial charge in [-0.2, -0.15) is 10.6 Å². The Labute approximate surface area is 192 Å². The molecule has 2 unspecified atom stereocenters. The monoisotopic (exact) mass is 461 g/mol. The number of benzene rings is 2. The van der Waals surface area contributed by atoms with Gasteiger partial charge in [0.05, 0.1) is 19.0 Å². The summed E-state index contributed by atoms with van der Waals surface area (Å²) in [6.07, 6.45) is 3.16. The highest BCUT2D eigenvalue weighted by Crippen LogP contribution is 2.64. The summed E-state index contributed by atoms with van der Waals surface area (Å²) < 4.78 is 39.5. The van der Waals surface area contributed by atoms with Crippen molar-refractivity contribution in [1.82, 2.24) is 4.90 Å². The fraction of sp³-hybridized carbons (Fsp3) is 0.520. The van der Waals surface area contributed by atoms with Crippen LogP contribution in [0.4, 0.5) is 0 Å². The molecule has 1 saturated heterocycles. The number of piperidine rings is 1. The van der Waals surface area contributed by atoms with Crippen LogP contribution in [0.15, 0.2) is 47.4 Å². The van der Waals surface area contributed by atoms with Crippen LogP contribution in [0.5, 0.6) is 17.2 Å². The molecule has 1 fully saturated rings. The van der Waals surface area contributed by atoms with Crippen molar-refractivity contribution in [2.45, 2.75) is 49.4 Å². The van der Waals surface area contributed by atoms with Crippen molar-refractivity contribution < 1.29 is 23.3 Å². The van der Waals surface area contributed by atoms with E-state index in [0.29, 0.717) is 23.0 Å². The molecule has 0 radical (unpaired) electrons. The maximum absolute atomic E-state index is 10.9. The van der Waals surface area contributed by atoms with Gasteiger partial charge < -0.3 is 19.1 Å². The third-order valence-electron chi connectivity index (χ3n) is 6.51. The minimum absolute atomic E-state index is 0.406. The number of nitrogens with zero attached hydrogens (tertiary/aromatic N) is 1. The lowest BCUT2D eigenvalue weighted by molar-refractivity contribution is 0.169. The van der Waals surface area contributed by atoms with Crippen molar-refractivity contribution in [3.05, 3.63) is 48.0 Å². The van der Waals surface area contributed by atoms with E-state index in [9.17, 15) is 9.11 Å². The zero-order chi connectivity index (χ0) is 22.7. The number of hydrogen-bond acceptors (Lipinski definition) is 6. The Bertz CT molecular complexity index is 904. The van der Waals surface area contributed by atoms with Crippen molar-refractivity contribution in [3.63, 3.8) is 0 Å². The van der Waals surface area contributed by atoms with Gasteiger partial charge in [-0.1, -0.05) is 25.1 Å². The number of rotatable bonds is 7. The van der Waals surface area contributed by atoms with Gasteiger partial charge in [0, 0.05) is 13.1 Å². The lowest BCUT2D eigenvalue weighted by atomic mass is 10.0. The standard InChI is InChI=1S/C25H35NO5S/c1-18-7-5-14-26(17-18)15-6-16-30-21-12-10-20(11-13-21)24-19(2)32(27,28)23-9-4-8-22(29-3)25(23)31-24/h4,8-13,18-19,24,27-28H,5-7,14-17H2,1-3H3/t18-,19?,24?/m0/s1. The zero-order valence-corrected chi connectivity index (χ0v) is 20.0. The van der Waals surface area contributed by atoms with Crippen LogP contribution in [0.3, 0.4) is 0 Å². The molecule has 0 spiro atoms. The first-order chi connectivity index (χ1) is 15.4. The number of fused-ring (bicyclic) bond motifs is 1. The summed E-state index contributed by atoms with van der Waals surface area (Å²) in [7, 11) is -1.48. The lowest BCUT2D eigenvalue weighted by Gasteiger charge is -2.47. The van der Waals surface area contributed by atoms with Gasteiger partial charge in [-0.25, -0.2) is 0 Å². The highest BCUT2D eigenvalue weighted by molar-refractivity contribution is 8.25. The Kier molecular flexibility index (Phi) is 7.20. The van der Waals surface area contributed by atoms with Crippen LogP contribution >= 0.6 is 10.6 Å². The predicted octanol–water partition coefficient (Wildman–Crippen LogP) is 5.83. The van der Waals surface area contributed by atoms with Crippen molar-refractivity contribution in [3.8, 4) is 17.2 Å². The molecule has 4 rings (SSSR count). The van der Waals surface area contributed by atoms with E-state index in [1.165, 1.54) is 25.9 Å². The second kappa shape index (κ2) is 9.91.